The zero-order valence-electron chi connectivity index (χ0n) is 13.2. The molecule has 1 N–H and O–H groups in total. The van der Waals surface area contributed by atoms with Crippen LogP contribution in [0.25, 0.3) is 16.9 Å². The number of imidazole rings is 1. The van der Waals surface area contributed by atoms with Crippen LogP contribution in [0.4, 0.5) is 5.69 Å². The van der Waals surface area contributed by atoms with E-state index in [1.165, 1.54) is 14.1 Å². The third-order valence-electron chi connectivity index (χ3n) is 3.60. The average Bonchev–Trinajstić information content (AvgIpc) is 2.92. The maximum atomic E-state index is 12.1. The summed E-state index contributed by atoms with van der Waals surface area (Å²) in [4.78, 5) is 4.63. The van der Waals surface area contributed by atoms with Crippen molar-refractivity contribution >= 4 is 21.5 Å². The van der Waals surface area contributed by atoms with Crippen LogP contribution in [0.5, 0.6) is 0 Å². The van der Waals surface area contributed by atoms with E-state index in [0.29, 0.717) is 5.69 Å². The van der Waals surface area contributed by atoms with Crippen LogP contribution in [0.3, 0.4) is 0 Å². The lowest BCUT2D eigenvalue weighted by atomic mass is 10.1. The van der Waals surface area contributed by atoms with Gasteiger partial charge in [-0.3, -0.25) is 4.72 Å². The number of anilines is 1. The van der Waals surface area contributed by atoms with Crippen LogP contribution < -0.4 is 4.72 Å². The van der Waals surface area contributed by atoms with Gasteiger partial charge in [-0.2, -0.15) is 12.7 Å². The summed E-state index contributed by atoms with van der Waals surface area (Å²) in [6, 6.07) is 11.2. The second-order valence-corrected chi connectivity index (χ2v) is 7.37. The zero-order chi connectivity index (χ0) is 16.6. The van der Waals surface area contributed by atoms with Crippen LogP contribution in [0.2, 0.25) is 0 Å². The first-order chi connectivity index (χ1) is 10.9. The molecule has 0 bridgehead atoms. The summed E-state index contributed by atoms with van der Waals surface area (Å²) >= 11 is 0. The summed E-state index contributed by atoms with van der Waals surface area (Å²) in [5.74, 6) is 0. The number of para-hydroxylation sites is 1. The van der Waals surface area contributed by atoms with Gasteiger partial charge in [0.05, 0.1) is 11.4 Å². The molecule has 7 heteroatoms. The number of rotatable bonds is 4. The Kier molecular flexibility index (Phi) is 3.83. The minimum Gasteiger partial charge on any atom is -0.306 e. The first-order valence-electron chi connectivity index (χ1n) is 7.12. The first-order valence-corrected chi connectivity index (χ1v) is 8.56. The maximum absolute atomic E-state index is 12.1. The van der Waals surface area contributed by atoms with Gasteiger partial charge >= 0.3 is 10.2 Å². The Morgan fingerprint density at radius 2 is 1.87 bits per heavy atom. The van der Waals surface area contributed by atoms with Crippen molar-refractivity contribution in [3.05, 3.63) is 54.4 Å². The van der Waals surface area contributed by atoms with Crippen molar-refractivity contribution in [1.29, 1.82) is 0 Å². The van der Waals surface area contributed by atoms with Crippen LogP contribution in [0.1, 0.15) is 5.56 Å². The number of pyridine rings is 1. The molecule has 1 aromatic carbocycles. The minimum atomic E-state index is -3.57. The van der Waals surface area contributed by atoms with E-state index in [4.69, 9.17) is 0 Å². The van der Waals surface area contributed by atoms with E-state index in [9.17, 15) is 8.42 Å². The standard InChI is InChI=1S/C16H18N4O2S/c1-12-7-6-10-20-11-15(17-16(12)20)13-8-4-5-9-14(13)18-23(21,22)19(2)3/h4-11,18H,1-3H3. The summed E-state index contributed by atoms with van der Waals surface area (Å²) in [6.45, 7) is 1.99. The van der Waals surface area contributed by atoms with Crippen molar-refractivity contribution in [2.75, 3.05) is 18.8 Å². The maximum Gasteiger partial charge on any atom is 0.301 e. The SMILES string of the molecule is Cc1cccn2cc(-c3ccccc3NS(=O)(=O)N(C)C)nc12. The first kappa shape index (κ1) is 15.5. The summed E-state index contributed by atoms with van der Waals surface area (Å²) in [7, 11) is -0.601. The molecular formula is C16H18N4O2S. The van der Waals surface area contributed by atoms with E-state index in [0.717, 1.165) is 26.8 Å². The molecule has 0 amide bonds. The lowest BCUT2D eigenvalue weighted by molar-refractivity contribution is 0.527. The van der Waals surface area contributed by atoms with Crippen molar-refractivity contribution in [2.24, 2.45) is 0 Å². The van der Waals surface area contributed by atoms with Crippen LogP contribution in [0, 0.1) is 6.92 Å². The molecular weight excluding hydrogens is 312 g/mol. The van der Waals surface area contributed by atoms with Gasteiger partial charge < -0.3 is 4.40 Å². The predicted molar refractivity (Wildman–Crippen MR) is 91.6 cm³/mol. The number of benzene rings is 1. The Bertz CT molecular complexity index is 961. The summed E-state index contributed by atoms with van der Waals surface area (Å²) in [6.07, 6.45) is 3.82. The molecule has 0 spiro atoms. The van der Waals surface area contributed by atoms with E-state index in [1.54, 1.807) is 12.1 Å². The number of hydrogen-bond donors (Lipinski definition) is 1. The number of nitrogens with zero attached hydrogens (tertiary/aromatic N) is 3. The Morgan fingerprint density at radius 3 is 2.57 bits per heavy atom. The van der Waals surface area contributed by atoms with Gasteiger partial charge in [-0.25, -0.2) is 4.98 Å². The molecule has 0 aliphatic carbocycles. The largest absolute Gasteiger partial charge is 0.306 e. The summed E-state index contributed by atoms with van der Waals surface area (Å²) in [5, 5.41) is 0. The van der Waals surface area contributed by atoms with E-state index in [1.807, 2.05) is 48.0 Å². The molecule has 3 aromatic rings. The smallest absolute Gasteiger partial charge is 0.301 e. The summed E-state index contributed by atoms with van der Waals surface area (Å²) < 4.78 is 29.9. The highest BCUT2D eigenvalue weighted by Gasteiger charge is 2.17. The fraction of sp³-hybridized carbons (Fsp3) is 0.188. The van der Waals surface area contributed by atoms with Gasteiger partial charge in [-0.1, -0.05) is 24.3 Å². The number of aromatic nitrogens is 2. The van der Waals surface area contributed by atoms with Gasteiger partial charge in [0.1, 0.15) is 5.65 Å². The monoisotopic (exact) mass is 330 g/mol. The second kappa shape index (κ2) is 5.68. The van der Waals surface area contributed by atoms with Gasteiger partial charge in [0.25, 0.3) is 0 Å². The topological polar surface area (TPSA) is 66.7 Å². The van der Waals surface area contributed by atoms with Crippen molar-refractivity contribution in [3.63, 3.8) is 0 Å². The van der Waals surface area contributed by atoms with Crippen molar-refractivity contribution in [1.82, 2.24) is 13.7 Å². The zero-order valence-corrected chi connectivity index (χ0v) is 14.0. The van der Waals surface area contributed by atoms with E-state index in [2.05, 4.69) is 9.71 Å². The van der Waals surface area contributed by atoms with E-state index in [-0.39, 0.29) is 0 Å². The number of aryl methyl sites for hydroxylation is 1. The predicted octanol–water partition coefficient (Wildman–Crippen LogP) is 2.53. The molecule has 0 saturated carbocycles. The minimum absolute atomic E-state index is 0.502. The normalized spacial score (nSPS) is 12.0. The quantitative estimate of drug-likeness (QED) is 0.799. The molecule has 0 atom stereocenters. The number of hydrogen-bond acceptors (Lipinski definition) is 3. The Hall–Kier alpha value is -2.38. The molecule has 23 heavy (non-hydrogen) atoms. The lowest BCUT2D eigenvalue weighted by Gasteiger charge is -2.15. The highest BCUT2D eigenvalue weighted by molar-refractivity contribution is 7.90. The van der Waals surface area contributed by atoms with Gasteiger partial charge in [-0.05, 0) is 24.6 Å². The van der Waals surface area contributed by atoms with Crippen molar-refractivity contribution in [3.8, 4) is 11.3 Å². The van der Waals surface area contributed by atoms with Crippen LogP contribution >= 0.6 is 0 Å². The van der Waals surface area contributed by atoms with E-state index >= 15 is 0 Å². The molecule has 0 radical (unpaired) electrons. The highest BCUT2D eigenvalue weighted by atomic mass is 32.2. The third kappa shape index (κ3) is 2.93. The van der Waals surface area contributed by atoms with Crippen molar-refractivity contribution in [2.45, 2.75) is 6.92 Å². The molecule has 3 rings (SSSR count). The van der Waals surface area contributed by atoms with Gasteiger partial charge in [0, 0.05) is 32.1 Å². The van der Waals surface area contributed by atoms with E-state index < -0.39 is 10.2 Å². The van der Waals surface area contributed by atoms with Gasteiger partial charge in [0.2, 0.25) is 0 Å². The third-order valence-corrected chi connectivity index (χ3v) is 5.04. The summed E-state index contributed by atoms with van der Waals surface area (Å²) in [5.41, 5.74) is 3.87. The average molecular weight is 330 g/mol. The lowest BCUT2D eigenvalue weighted by Crippen LogP contribution is -2.29. The molecule has 0 saturated heterocycles. The van der Waals surface area contributed by atoms with Crippen molar-refractivity contribution < 1.29 is 8.42 Å². The second-order valence-electron chi connectivity index (χ2n) is 5.48. The molecule has 6 nitrogen and oxygen atoms in total. The van der Waals surface area contributed by atoms with Gasteiger partial charge in [0.15, 0.2) is 0 Å². The fourth-order valence-corrected chi connectivity index (χ4v) is 2.95. The molecule has 0 unspecified atom stereocenters. The Morgan fingerprint density at radius 1 is 1.13 bits per heavy atom. The van der Waals surface area contributed by atoms with Crippen LogP contribution in [0.15, 0.2) is 48.8 Å². The van der Waals surface area contributed by atoms with Crippen LogP contribution in [-0.4, -0.2) is 36.2 Å². The molecule has 2 heterocycles. The molecule has 0 aliphatic heterocycles. The molecule has 2 aromatic heterocycles. The Labute approximate surface area is 135 Å². The molecule has 0 aliphatic rings. The van der Waals surface area contributed by atoms with Crippen LogP contribution in [-0.2, 0) is 10.2 Å². The molecule has 120 valence electrons. The van der Waals surface area contributed by atoms with Gasteiger partial charge in [-0.15, -0.1) is 0 Å². The molecule has 0 fully saturated rings. The number of nitrogens with one attached hydrogen (secondary N) is 1. The highest BCUT2D eigenvalue weighted by Crippen LogP contribution is 2.28. The Balaban J connectivity index is 2.11. The number of fused-ring (bicyclic) bond motifs is 1. The fourth-order valence-electron chi connectivity index (χ4n) is 2.31.